The average molecular weight is 494 g/mol. The monoisotopic (exact) mass is 492 g/mol. The molecule has 2 saturated heterocycles. The molecule has 1 aromatic carbocycles. The number of ether oxygens (including phenoxy) is 1. The van der Waals surface area contributed by atoms with Gasteiger partial charge in [-0.15, -0.1) is 0 Å². The first kappa shape index (κ1) is 18.6. The van der Waals surface area contributed by atoms with Crippen LogP contribution in [-0.4, -0.2) is 48.9 Å². The Morgan fingerprint density at radius 3 is 2.54 bits per heavy atom. The van der Waals surface area contributed by atoms with Crippen LogP contribution in [0.1, 0.15) is 30.9 Å². The van der Waals surface area contributed by atoms with Gasteiger partial charge in [0.05, 0.1) is 11.1 Å². The molecule has 142 valence electrons. The molecule has 0 saturated carbocycles. The summed E-state index contributed by atoms with van der Waals surface area (Å²) in [5.74, 6) is 0.792. The van der Waals surface area contributed by atoms with Gasteiger partial charge < -0.3 is 19.5 Å². The highest BCUT2D eigenvalue weighted by atomic mass is 79.9. The minimum atomic E-state index is -2.60. The summed E-state index contributed by atoms with van der Waals surface area (Å²) in [7, 11) is 0. The normalized spacial score (nSPS) is 19.7. The molecule has 5 nitrogen and oxygen atoms in total. The number of nitrogens with one attached hydrogen (secondary N) is 1. The lowest BCUT2D eigenvalue weighted by atomic mass is 10.1. The summed E-state index contributed by atoms with van der Waals surface area (Å²) < 4.78 is 36.3. The Morgan fingerprint density at radius 1 is 1.19 bits per heavy atom. The largest absolute Gasteiger partial charge is 0.381 e. The fourth-order valence-electron chi connectivity index (χ4n) is 3.78. The number of rotatable bonds is 3. The standard InChI is InChI=1S/C17H20Br2F2N4O/c18-11-9-12-15(13(14(11)19)16(20)21)23-17(24-5-3-22-4-6-24)25(12)10-1-7-26-8-2-10/h9-10,16,22H,1-8H2. The maximum absolute atomic E-state index is 13.8. The topological polar surface area (TPSA) is 42.3 Å². The number of imidazole rings is 1. The van der Waals surface area contributed by atoms with Crippen LogP contribution in [0, 0.1) is 0 Å². The van der Waals surface area contributed by atoms with Crippen LogP contribution in [0.4, 0.5) is 14.7 Å². The van der Waals surface area contributed by atoms with Crippen molar-refractivity contribution in [2.75, 3.05) is 44.3 Å². The van der Waals surface area contributed by atoms with Crippen LogP contribution in [0.2, 0.25) is 0 Å². The summed E-state index contributed by atoms with van der Waals surface area (Å²) in [5.41, 5.74) is 1.10. The third kappa shape index (κ3) is 3.27. The Kier molecular flexibility index (Phi) is 5.50. The van der Waals surface area contributed by atoms with Crippen LogP contribution in [-0.2, 0) is 4.74 Å². The first-order valence-corrected chi connectivity index (χ1v) is 10.4. The smallest absolute Gasteiger partial charge is 0.267 e. The maximum atomic E-state index is 13.8. The van der Waals surface area contributed by atoms with Gasteiger partial charge in [0.15, 0.2) is 0 Å². The number of piperazine rings is 1. The summed E-state index contributed by atoms with van der Waals surface area (Å²) in [6.07, 6.45) is -0.872. The highest BCUT2D eigenvalue weighted by Crippen LogP contribution is 2.42. The molecule has 0 amide bonds. The van der Waals surface area contributed by atoms with E-state index in [9.17, 15) is 8.78 Å². The highest BCUT2D eigenvalue weighted by molar-refractivity contribution is 9.13. The minimum Gasteiger partial charge on any atom is -0.381 e. The van der Waals surface area contributed by atoms with Gasteiger partial charge in [-0.1, -0.05) is 0 Å². The van der Waals surface area contributed by atoms with Crippen molar-refractivity contribution < 1.29 is 13.5 Å². The minimum absolute atomic E-state index is 0.0448. The predicted molar refractivity (Wildman–Crippen MR) is 104 cm³/mol. The quantitative estimate of drug-likeness (QED) is 0.693. The summed E-state index contributed by atoms with van der Waals surface area (Å²) in [5, 5.41) is 3.33. The molecule has 3 heterocycles. The molecule has 9 heteroatoms. The average Bonchev–Trinajstić information content (AvgIpc) is 3.02. The van der Waals surface area contributed by atoms with Crippen LogP contribution in [0.3, 0.4) is 0 Å². The molecule has 0 aliphatic carbocycles. The third-order valence-electron chi connectivity index (χ3n) is 5.07. The van der Waals surface area contributed by atoms with Crippen molar-refractivity contribution in [1.82, 2.24) is 14.9 Å². The summed E-state index contributed by atoms with van der Waals surface area (Å²) in [6.45, 7) is 4.74. The first-order valence-electron chi connectivity index (χ1n) is 8.79. The van der Waals surface area contributed by atoms with E-state index in [0.717, 1.165) is 50.5 Å². The predicted octanol–water partition coefficient (Wildman–Crippen LogP) is 4.26. The molecule has 0 unspecified atom stereocenters. The summed E-state index contributed by atoms with van der Waals surface area (Å²) in [4.78, 5) is 6.92. The van der Waals surface area contributed by atoms with E-state index in [1.807, 2.05) is 6.07 Å². The van der Waals surface area contributed by atoms with Gasteiger partial charge in [0.2, 0.25) is 5.95 Å². The van der Waals surface area contributed by atoms with Crippen LogP contribution in [0.25, 0.3) is 11.0 Å². The number of hydrogen-bond acceptors (Lipinski definition) is 4. The number of benzene rings is 1. The van der Waals surface area contributed by atoms with E-state index in [1.54, 1.807) is 0 Å². The Morgan fingerprint density at radius 2 is 1.88 bits per heavy atom. The third-order valence-corrected chi connectivity index (χ3v) is 7.08. The van der Waals surface area contributed by atoms with Crippen molar-refractivity contribution in [3.8, 4) is 0 Å². The number of anilines is 1. The number of halogens is 4. The molecular formula is C17H20Br2F2N4O. The van der Waals surface area contributed by atoms with E-state index < -0.39 is 6.43 Å². The van der Waals surface area contributed by atoms with Gasteiger partial charge in [0, 0.05) is 54.4 Å². The molecule has 0 spiro atoms. The zero-order valence-electron chi connectivity index (χ0n) is 14.2. The molecule has 0 radical (unpaired) electrons. The van der Waals surface area contributed by atoms with Crippen molar-refractivity contribution in [2.45, 2.75) is 25.3 Å². The van der Waals surface area contributed by atoms with E-state index in [2.05, 4.69) is 46.6 Å². The number of nitrogens with zero attached hydrogens (tertiary/aromatic N) is 3. The Bertz CT molecular complexity index is 802. The lowest BCUT2D eigenvalue weighted by Gasteiger charge is -2.32. The summed E-state index contributed by atoms with van der Waals surface area (Å²) in [6, 6.07) is 2.11. The van der Waals surface area contributed by atoms with Crippen molar-refractivity contribution in [2.24, 2.45) is 0 Å². The van der Waals surface area contributed by atoms with E-state index in [4.69, 9.17) is 9.72 Å². The Hall–Kier alpha value is -0.770. The van der Waals surface area contributed by atoms with Gasteiger partial charge in [-0.2, -0.15) is 0 Å². The van der Waals surface area contributed by atoms with Crippen LogP contribution in [0.15, 0.2) is 15.0 Å². The van der Waals surface area contributed by atoms with Gasteiger partial charge in [0.1, 0.15) is 5.52 Å². The lowest BCUT2D eigenvalue weighted by molar-refractivity contribution is 0.0708. The van der Waals surface area contributed by atoms with E-state index in [-0.39, 0.29) is 11.6 Å². The fourth-order valence-corrected chi connectivity index (χ4v) is 4.68. The van der Waals surface area contributed by atoms with Crippen molar-refractivity contribution >= 4 is 48.8 Å². The molecule has 1 aromatic heterocycles. The Balaban J connectivity index is 1.94. The molecule has 2 fully saturated rings. The lowest BCUT2D eigenvalue weighted by Crippen LogP contribution is -2.45. The molecule has 0 atom stereocenters. The second-order valence-electron chi connectivity index (χ2n) is 6.62. The zero-order valence-corrected chi connectivity index (χ0v) is 17.3. The first-order chi connectivity index (χ1) is 12.6. The SMILES string of the molecule is FC(F)c1c(Br)c(Br)cc2c1nc(N1CCNCC1)n2C1CCOCC1. The van der Waals surface area contributed by atoms with Gasteiger partial charge in [-0.25, -0.2) is 13.8 Å². The van der Waals surface area contributed by atoms with E-state index >= 15 is 0 Å². The second kappa shape index (κ2) is 7.69. The number of fused-ring (bicyclic) bond motifs is 1. The van der Waals surface area contributed by atoms with Crippen molar-refractivity contribution in [3.05, 3.63) is 20.6 Å². The molecule has 4 rings (SSSR count). The van der Waals surface area contributed by atoms with E-state index in [0.29, 0.717) is 27.7 Å². The van der Waals surface area contributed by atoms with Crippen LogP contribution in [0.5, 0.6) is 0 Å². The van der Waals surface area contributed by atoms with Gasteiger partial charge in [0.25, 0.3) is 6.43 Å². The van der Waals surface area contributed by atoms with Gasteiger partial charge in [-0.3, -0.25) is 0 Å². The van der Waals surface area contributed by atoms with Gasteiger partial charge >= 0.3 is 0 Å². The molecule has 1 N–H and O–H groups in total. The van der Waals surface area contributed by atoms with Gasteiger partial charge in [-0.05, 0) is 50.8 Å². The molecule has 0 bridgehead atoms. The molecule has 2 aliphatic rings. The second-order valence-corrected chi connectivity index (χ2v) is 8.26. The number of alkyl halides is 2. The number of hydrogen-bond donors (Lipinski definition) is 1. The molecular weight excluding hydrogens is 474 g/mol. The fraction of sp³-hybridized carbons (Fsp3) is 0.588. The van der Waals surface area contributed by atoms with Crippen LogP contribution < -0.4 is 10.2 Å². The highest BCUT2D eigenvalue weighted by Gasteiger charge is 2.29. The molecule has 26 heavy (non-hydrogen) atoms. The number of aromatic nitrogens is 2. The van der Waals surface area contributed by atoms with Crippen molar-refractivity contribution in [1.29, 1.82) is 0 Å². The van der Waals surface area contributed by atoms with Crippen molar-refractivity contribution in [3.63, 3.8) is 0 Å². The zero-order chi connectivity index (χ0) is 18.3. The summed E-state index contributed by atoms with van der Waals surface area (Å²) >= 11 is 6.74. The van der Waals surface area contributed by atoms with Crippen LogP contribution >= 0.6 is 31.9 Å². The molecule has 2 aromatic rings. The maximum Gasteiger partial charge on any atom is 0.267 e. The molecule has 2 aliphatic heterocycles. The Labute approximate surface area is 167 Å². The van der Waals surface area contributed by atoms with E-state index in [1.165, 1.54) is 0 Å².